The Balaban J connectivity index is 2.32. The van der Waals surface area contributed by atoms with Gasteiger partial charge >= 0.3 is 0 Å². The molecule has 0 aliphatic carbocycles. The molecule has 1 fully saturated rings. The number of likely N-dealkylation sites (N-methyl/N-ethyl adjacent to an activating group) is 1. The maximum Gasteiger partial charge on any atom is 0.244 e. The SMILES string of the molecule is Cc1nn(C(C)C)c(C)c1S(=O)(=O)N[C@H]1CN(C)C[C@H]1C. The number of likely N-dealkylation sites (tertiary alicyclic amines) is 1. The van der Waals surface area contributed by atoms with Gasteiger partial charge in [-0.05, 0) is 40.7 Å². The van der Waals surface area contributed by atoms with Crippen LogP contribution in [0.15, 0.2) is 4.90 Å². The molecule has 0 amide bonds. The minimum Gasteiger partial charge on any atom is -0.304 e. The third kappa shape index (κ3) is 3.14. The lowest BCUT2D eigenvalue weighted by atomic mass is 10.1. The Hall–Kier alpha value is -0.920. The van der Waals surface area contributed by atoms with Crippen LogP contribution in [0.5, 0.6) is 0 Å². The summed E-state index contributed by atoms with van der Waals surface area (Å²) in [7, 11) is -1.52. The van der Waals surface area contributed by atoms with Gasteiger partial charge in [-0.25, -0.2) is 13.1 Å². The van der Waals surface area contributed by atoms with E-state index < -0.39 is 10.0 Å². The van der Waals surface area contributed by atoms with Crippen LogP contribution in [0.4, 0.5) is 0 Å². The van der Waals surface area contributed by atoms with Gasteiger partial charge in [-0.2, -0.15) is 5.10 Å². The summed E-state index contributed by atoms with van der Waals surface area (Å²) in [6.45, 7) is 11.3. The monoisotopic (exact) mass is 314 g/mol. The van der Waals surface area contributed by atoms with Crippen molar-refractivity contribution in [3.05, 3.63) is 11.4 Å². The van der Waals surface area contributed by atoms with Crippen molar-refractivity contribution in [2.45, 2.75) is 51.6 Å². The molecule has 2 rings (SSSR count). The largest absolute Gasteiger partial charge is 0.304 e. The normalized spacial score (nSPS) is 24.1. The van der Waals surface area contributed by atoms with E-state index in [1.54, 1.807) is 11.6 Å². The highest BCUT2D eigenvalue weighted by molar-refractivity contribution is 7.89. The van der Waals surface area contributed by atoms with Crippen molar-refractivity contribution in [3.8, 4) is 0 Å². The molecule has 0 unspecified atom stereocenters. The Morgan fingerprint density at radius 1 is 1.29 bits per heavy atom. The van der Waals surface area contributed by atoms with Crippen molar-refractivity contribution in [1.82, 2.24) is 19.4 Å². The number of hydrogen-bond acceptors (Lipinski definition) is 4. The second-order valence-corrected chi connectivity index (χ2v) is 8.12. The lowest BCUT2D eigenvalue weighted by molar-refractivity contribution is 0.400. The zero-order valence-electron chi connectivity index (χ0n) is 13.7. The molecule has 6 nitrogen and oxygen atoms in total. The number of rotatable bonds is 4. The molecular formula is C14H26N4O2S. The summed E-state index contributed by atoms with van der Waals surface area (Å²) in [5.74, 6) is 0.311. The summed E-state index contributed by atoms with van der Waals surface area (Å²) in [6, 6.07) is 0.102. The molecule has 1 aliphatic rings. The maximum absolute atomic E-state index is 12.7. The fraction of sp³-hybridized carbons (Fsp3) is 0.786. The second kappa shape index (κ2) is 5.70. The van der Waals surface area contributed by atoms with Crippen molar-refractivity contribution in [2.24, 2.45) is 5.92 Å². The van der Waals surface area contributed by atoms with Gasteiger partial charge in [0.1, 0.15) is 4.90 Å². The molecule has 0 spiro atoms. The molecule has 120 valence electrons. The van der Waals surface area contributed by atoms with Gasteiger partial charge < -0.3 is 4.90 Å². The van der Waals surface area contributed by atoms with Crippen molar-refractivity contribution in [1.29, 1.82) is 0 Å². The van der Waals surface area contributed by atoms with E-state index in [2.05, 4.69) is 21.6 Å². The standard InChI is InChI=1S/C14H26N4O2S/c1-9(2)18-12(5)14(11(4)15-18)21(19,20)16-13-8-17(6)7-10(13)3/h9-10,13,16H,7-8H2,1-6H3/t10-,13+/m1/s1. The van der Waals surface area contributed by atoms with Crippen molar-refractivity contribution >= 4 is 10.0 Å². The lowest BCUT2D eigenvalue weighted by Crippen LogP contribution is -2.39. The molecule has 21 heavy (non-hydrogen) atoms. The number of hydrogen-bond donors (Lipinski definition) is 1. The second-order valence-electron chi connectivity index (χ2n) is 6.46. The van der Waals surface area contributed by atoms with Gasteiger partial charge in [0.05, 0.1) is 11.4 Å². The average molecular weight is 314 g/mol. The molecule has 1 aromatic heterocycles. The van der Waals surface area contributed by atoms with Crippen LogP contribution in [0.2, 0.25) is 0 Å². The molecule has 7 heteroatoms. The minimum absolute atomic E-state index is 0.0406. The number of aromatic nitrogens is 2. The third-order valence-corrected chi connectivity index (χ3v) is 5.86. The molecule has 1 saturated heterocycles. The fourth-order valence-corrected chi connectivity index (χ4v) is 4.90. The van der Waals surface area contributed by atoms with Crippen LogP contribution in [0.1, 0.15) is 38.2 Å². The van der Waals surface area contributed by atoms with Gasteiger partial charge in [-0.1, -0.05) is 6.92 Å². The summed E-state index contributed by atoms with van der Waals surface area (Å²) >= 11 is 0. The first-order valence-electron chi connectivity index (χ1n) is 7.40. The lowest BCUT2D eigenvalue weighted by Gasteiger charge is -2.17. The van der Waals surface area contributed by atoms with E-state index in [4.69, 9.17) is 0 Å². The van der Waals surface area contributed by atoms with Crippen LogP contribution in [-0.2, 0) is 10.0 Å². The van der Waals surface area contributed by atoms with E-state index in [-0.39, 0.29) is 12.1 Å². The molecule has 0 radical (unpaired) electrons. The maximum atomic E-state index is 12.7. The third-order valence-electron chi connectivity index (χ3n) is 4.12. The Bertz CT molecular complexity index is 621. The van der Waals surface area contributed by atoms with Gasteiger partial charge in [-0.15, -0.1) is 0 Å². The molecule has 2 heterocycles. The first-order valence-corrected chi connectivity index (χ1v) is 8.88. The van der Waals surface area contributed by atoms with Gasteiger partial charge in [0.25, 0.3) is 0 Å². The van der Waals surface area contributed by atoms with Crippen LogP contribution >= 0.6 is 0 Å². The van der Waals surface area contributed by atoms with E-state index in [1.165, 1.54) is 0 Å². The van der Waals surface area contributed by atoms with Crippen LogP contribution in [0.25, 0.3) is 0 Å². The van der Waals surface area contributed by atoms with Crippen LogP contribution < -0.4 is 4.72 Å². The number of nitrogens with one attached hydrogen (secondary N) is 1. The zero-order chi connectivity index (χ0) is 15.9. The molecule has 0 saturated carbocycles. The molecular weight excluding hydrogens is 288 g/mol. The average Bonchev–Trinajstić information content (AvgIpc) is 2.79. The van der Waals surface area contributed by atoms with E-state index in [0.717, 1.165) is 13.1 Å². The number of sulfonamides is 1. The number of aryl methyl sites for hydroxylation is 1. The molecule has 1 N–H and O–H groups in total. The van der Waals surface area contributed by atoms with Gasteiger partial charge in [-0.3, -0.25) is 4.68 Å². The predicted octanol–water partition coefficient (Wildman–Crippen LogP) is 1.31. The fourth-order valence-electron chi connectivity index (χ4n) is 3.16. The Morgan fingerprint density at radius 2 is 1.90 bits per heavy atom. The number of nitrogens with zero attached hydrogens (tertiary/aromatic N) is 3. The summed E-state index contributed by atoms with van der Waals surface area (Å²) in [4.78, 5) is 2.48. The minimum atomic E-state index is -3.53. The van der Waals surface area contributed by atoms with Gasteiger partial charge in [0.15, 0.2) is 0 Å². The highest BCUT2D eigenvalue weighted by Crippen LogP contribution is 2.24. The van der Waals surface area contributed by atoms with Gasteiger partial charge in [0, 0.05) is 25.2 Å². The molecule has 1 aliphatic heterocycles. The summed E-state index contributed by atoms with van der Waals surface area (Å²) in [5, 5.41) is 4.37. The molecule has 2 atom stereocenters. The van der Waals surface area contributed by atoms with Gasteiger partial charge in [0.2, 0.25) is 10.0 Å². The quantitative estimate of drug-likeness (QED) is 0.910. The molecule has 0 aromatic carbocycles. The first kappa shape index (κ1) is 16.5. The summed E-state index contributed by atoms with van der Waals surface area (Å²) in [6.07, 6.45) is 0. The first-order chi connectivity index (χ1) is 9.63. The van der Waals surface area contributed by atoms with Crippen molar-refractivity contribution in [2.75, 3.05) is 20.1 Å². The van der Waals surface area contributed by atoms with Crippen LogP contribution in [0.3, 0.4) is 0 Å². The van der Waals surface area contributed by atoms with Crippen LogP contribution in [-0.4, -0.2) is 49.3 Å². The Labute approximate surface area is 127 Å². The van der Waals surface area contributed by atoms with E-state index in [0.29, 0.717) is 22.2 Å². The topological polar surface area (TPSA) is 67.2 Å². The van der Waals surface area contributed by atoms with E-state index in [9.17, 15) is 8.42 Å². The van der Waals surface area contributed by atoms with E-state index >= 15 is 0 Å². The highest BCUT2D eigenvalue weighted by atomic mass is 32.2. The Kier molecular flexibility index (Phi) is 4.46. The van der Waals surface area contributed by atoms with Crippen molar-refractivity contribution < 1.29 is 8.42 Å². The van der Waals surface area contributed by atoms with E-state index in [1.807, 2.05) is 27.8 Å². The molecule has 1 aromatic rings. The van der Waals surface area contributed by atoms with Crippen molar-refractivity contribution in [3.63, 3.8) is 0 Å². The summed E-state index contributed by atoms with van der Waals surface area (Å²) in [5.41, 5.74) is 1.27. The van der Waals surface area contributed by atoms with Crippen LogP contribution in [0, 0.1) is 19.8 Å². The molecule has 0 bridgehead atoms. The zero-order valence-corrected chi connectivity index (χ0v) is 14.5. The smallest absolute Gasteiger partial charge is 0.244 e. The highest BCUT2D eigenvalue weighted by Gasteiger charge is 2.33. The Morgan fingerprint density at radius 3 is 2.33 bits per heavy atom. The predicted molar refractivity (Wildman–Crippen MR) is 82.9 cm³/mol. The summed E-state index contributed by atoms with van der Waals surface area (Å²) < 4.78 is 30.1.